The lowest BCUT2D eigenvalue weighted by Gasteiger charge is -2.19. The number of methoxy groups -OCH3 is 1. The van der Waals surface area contributed by atoms with Crippen LogP contribution >= 0.6 is 0 Å². The minimum atomic E-state index is -0.282. The van der Waals surface area contributed by atoms with Crippen LogP contribution in [0.25, 0.3) is 0 Å². The molecule has 0 saturated heterocycles. The molecule has 4 heteroatoms. The van der Waals surface area contributed by atoms with Gasteiger partial charge in [0.05, 0.1) is 7.11 Å². The molecular weight excluding hydrogens is 269 g/mol. The SMILES string of the molecule is CCNC(C)c1c(F)cccc1Oc1ccccc1OC. The molecule has 1 N–H and O–H groups in total. The highest BCUT2D eigenvalue weighted by atomic mass is 19.1. The first-order chi connectivity index (χ1) is 10.2. The van der Waals surface area contributed by atoms with Crippen LogP contribution < -0.4 is 14.8 Å². The van der Waals surface area contributed by atoms with E-state index in [4.69, 9.17) is 9.47 Å². The fraction of sp³-hybridized carbons (Fsp3) is 0.294. The molecule has 0 aliphatic rings. The van der Waals surface area contributed by atoms with E-state index in [0.717, 1.165) is 6.54 Å². The van der Waals surface area contributed by atoms with Gasteiger partial charge < -0.3 is 14.8 Å². The average molecular weight is 289 g/mol. The molecule has 1 atom stereocenters. The highest BCUT2D eigenvalue weighted by Crippen LogP contribution is 2.35. The summed E-state index contributed by atoms with van der Waals surface area (Å²) in [7, 11) is 1.58. The second kappa shape index (κ2) is 7.09. The van der Waals surface area contributed by atoms with Crippen molar-refractivity contribution in [1.29, 1.82) is 0 Å². The number of benzene rings is 2. The Balaban J connectivity index is 2.38. The van der Waals surface area contributed by atoms with Gasteiger partial charge in [-0.05, 0) is 37.7 Å². The topological polar surface area (TPSA) is 30.5 Å². The zero-order chi connectivity index (χ0) is 15.2. The van der Waals surface area contributed by atoms with Gasteiger partial charge in [-0.2, -0.15) is 0 Å². The van der Waals surface area contributed by atoms with Crippen LogP contribution in [0.15, 0.2) is 42.5 Å². The van der Waals surface area contributed by atoms with Gasteiger partial charge in [0.2, 0.25) is 0 Å². The van der Waals surface area contributed by atoms with E-state index in [-0.39, 0.29) is 11.9 Å². The molecule has 0 aliphatic heterocycles. The second-order valence-corrected chi connectivity index (χ2v) is 4.68. The van der Waals surface area contributed by atoms with Crippen LogP contribution in [0.1, 0.15) is 25.5 Å². The maximum atomic E-state index is 14.2. The van der Waals surface area contributed by atoms with Crippen LogP contribution in [0, 0.1) is 5.82 Å². The Hall–Kier alpha value is -2.07. The summed E-state index contributed by atoms with van der Waals surface area (Å²) in [6, 6.07) is 12.0. The Morgan fingerprint density at radius 2 is 1.71 bits per heavy atom. The maximum Gasteiger partial charge on any atom is 0.169 e. The molecule has 2 rings (SSSR count). The van der Waals surface area contributed by atoms with Crippen LogP contribution in [-0.4, -0.2) is 13.7 Å². The highest BCUT2D eigenvalue weighted by Gasteiger charge is 2.17. The Bertz CT molecular complexity index is 601. The lowest BCUT2D eigenvalue weighted by atomic mass is 10.1. The summed E-state index contributed by atoms with van der Waals surface area (Å²) in [6.07, 6.45) is 0. The maximum absolute atomic E-state index is 14.2. The van der Waals surface area contributed by atoms with Crippen molar-refractivity contribution in [2.45, 2.75) is 19.9 Å². The zero-order valence-corrected chi connectivity index (χ0v) is 12.5. The van der Waals surface area contributed by atoms with Crippen LogP contribution in [-0.2, 0) is 0 Å². The monoisotopic (exact) mass is 289 g/mol. The molecule has 21 heavy (non-hydrogen) atoms. The molecule has 0 bridgehead atoms. The molecule has 0 heterocycles. The van der Waals surface area contributed by atoms with E-state index >= 15 is 0 Å². The third-order valence-corrected chi connectivity index (χ3v) is 3.25. The smallest absolute Gasteiger partial charge is 0.169 e. The average Bonchev–Trinajstić information content (AvgIpc) is 2.48. The van der Waals surface area contributed by atoms with Gasteiger partial charge in [0, 0.05) is 11.6 Å². The number of ether oxygens (including phenoxy) is 2. The van der Waals surface area contributed by atoms with Crippen LogP contribution in [0.2, 0.25) is 0 Å². The van der Waals surface area contributed by atoms with E-state index in [0.29, 0.717) is 22.8 Å². The van der Waals surface area contributed by atoms with Gasteiger partial charge in [-0.25, -0.2) is 4.39 Å². The number of nitrogens with one attached hydrogen (secondary N) is 1. The summed E-state index contributed by atoms with van der Waals surface area (Å²) >= 11 is 0. The van der Waals surface area contributed by atoms with E-state index in [1.54, 1.807) is 25.3 Å². The first kappa shape index (κ1) is 15.3. The quantitative estimate of drug-likeness (QED) is 0.860. The third-order valence-electron chi connectivity index (χ3n) is 3.25. The van der Waals surface area contributed by atoms with Crippen LogP contribution in [0.3, 0.4) is 0 Å². The van der Waals surface area contributed by atoms with Gasteiger partial charge in [0.25, 0.3) is 0 Å². The highest BCUT2D eigenvalue weighted by molar-refractivity contribution is 5.45. The first-order valence-electron chi connectivity index (χ1n) is 7.00. The molecule has 3 nitrogen and oxygen atoms in total. The van der Waals surface area contributed by atoms with E-state index in [1.807, 2.05) is 32.0 Å². The third kappa shape index (κ3) is 3.52. The number of para-hydroxylation sites is 2. The largest absolute Gasteiger partial charge is 0.493 e. The molecule has 0 spiro atoms. The lowest BCUT2D eigenvalue weighted by molar-refractivity contribution is 0.374. The van der Waals surface area contributed by atoms with Gasteiger partial charge in [0.15, 0.2) is 11.5 Å². The number of halogens is 1. The van der Waals surface area contributed by atoms with Gasteiger partial charge in [0.1, 0.15) is 11.6 Å². The molecule has 2 aromatic rings. The van der Waals surface area contributed by atoms with Gasteiger partial charge >= 0.3 is 0 Å². The summed E-state index contributed by atoms with van der Waals surface area (Å²) in [4.78, 5) is 0. The van der Waals surface area contributed by atoms with Gasteiger partial charge in [-0.3, -0.25) is 0 Å². The molecule has 112 valence electrons. The van der Waals surface area contributed by atoms with Crippen molar-refractivity contribution >= 4 is 0 Å². The van der Waals surface area contributed by atoms with Crippen molar-refractivity contribution in [2.75, 3.05) is 13.7 Å². The Labute approximate surface area is 124 Å². The Morgan fingerprint density at radius 3 is 2.38 bits per heavy atom. The van der Waals surface area contributed by atoms with E-state index in [9.17, 15) is 4.39 Å². The molecule has 0 amide bonds. The van der Waals surface area contributed by atoms with Gasteiger partial charge in [-0.1, -0.05) is 25.1 Å². The molecule has 0 aliphatic carbocycles. The summed E-state index contributed by atoms with van der Waals surface area (Å²) in [5.41, 5.74) is 0.519. The van der Waals surface area contributed by atoms with Crippen molar-refractivity contribution in [3.8, 4) is 17.2 Å². The van der Waals surface area contributed by atoms with Crippen molar-refractivity contribution in [1.82, 2.24) is 5.32 Å². The van der Waals surface area contributed by atoms with Crippen molar-refractivity contribution < 1.29 is 13.9 Å². The molecule has 0 radical (unpaired) electrons. The van der Waals surface area contributed by atoms with E-state index < -0.39 is 0 Å². The van der Waals surface area contributed by atoms with E-state index in [1.165, 1.54) is 6.07 Å². The van der Waals surface area contributed by atoms with Crippen LogP contribution in [0.5, 0.6) is 17.2 Å². The molecule has 0 saturated carbocycles. The normalized spacial score (nSPS) is 12.0. The molecule has 0 aromatic heterocycles. The minimum absolute atomic E-state index is 0.138. The summed E-state index contributed by atoms with van der Waals surface area (Å²) in [5, 5.41) is 3.21. The van der Waals surface area contributed by atoms with Crippen molar-refractivity contribution in [3.63, 3.8) is 0 Å². The second-order valence-electron chi connectivity index (χ2n) is 4.68. The Morgan fingerprint density at radius 1 is 1.05 bits per heavy atom. The fourth-order valence-electron chi connectivity index (χ4n) is 2.26. The molecular formula is C17H20FNO2. The number of hydrogen-bond acceptors (Lipinski definition) is 3. The van der Waals surface area contributed by atoms with Gasteiger partial charge in [-0.15, -0.1) is 0 Å². The standard InChI is InChI=1S/C17H20FNO2/c1-4-19-12(2)17-13(18)8-7-11-16(17)21-15-10-6-5-9-14(15)20-3/h5-12,19H,4H2,1-3H3. The first-order valence-corrected chi connectivity index (χ1v) is 7.00. The fourth-order valence-corrected chi connectivity index (χ4v) is 2.26. The summed E-state index contributed by atoms with van der Waals surface area (Å²) in [5.74, 6) is 1.39. The van der Waals surface area contributed by atoms with E-state index in [2.05, 4.69) is 5.32 Å². The number of hydrogen-bond donors (Lipinski definition) is 1. The molecule has 0 fully saturated rings. The molecule has 1 unspecified atom stereocenters. The predicted molar refractivity (Wildman–Crippen MR) is 81.6 cm³/mol. The summed E-state index contributed by atoms with van der Waals surface area (Å²) < 4.78 is 25.3. The van der Waals surface area contributed by atoms with Crippen LogP contribution in [0.4, 0.5) is 4.39 Å². The lowest BCUT2D eigenvalue weighted by Crippen LogP contribution is -2.19. The molecule has 2 aromatic carbocycles. The summed E-state index contributed by atoms with van der Waals surface area (Å²) in [6.45, 7) is 4.65. The zero-order valence-electron chi connectivity index (χ0n) is 12.5. The number of rotatable bonds is 6. The Kier molecular flexibility index (Phi) is 5.17. The predicted octanol–water partition coefficient (Wildman–Crippen LogP) is 4.30. The minimum Gasteiger partial charge on any atom is -0.493 e. The van der Waals surface area contributed by atoms with Crippen molar-refractivity contribution in [2.24, 2.45) is 0 Å². The van der Waals surface area contributed by atoms with Crippen molar-refractivity contribution in [3.05, 3.63) is 53.8 Å².